The van der Waals surface area contributed by atoms with Gasteiger partial charge in [0.05, 0.1) is 5.39 Å². The van der Waals surface area contributed by atoms with Crippen LogP contribution in [0.15, 0.2) is 35.7 Å². The molecule has 148 valence electrons. The summed E-state index contributed by atoms with van der Waals surface area (Å²) in [6.45, 7) is 3.88. The highest BCUT2D eigenvalue weighted by atomic mass is 32.2. The molecule has 0 spiro atoms. The third kappa shape index (κ3) is 4.17. The zero-order valence-electron chi connectivity index (χ0n) is 15.6. The van der Waals surface area contributed by atoms with Gasteiger partial charge in [0.2, 0.25) is 0 Å². The fraction of sp³-hybridized carbons (Fsp3) is 0.368. The van der Waals surface area contributed by atoms with Crippen molar-refractivity contribution in [2.75, 3.05) is 24.5 Å². The Hall–Kier alpha value is -2.07. The summed E-state index contributed by atoms with van der Waals surface area (Å²) in [5.41, 5.74) is 2.28. The molecule has 1 unspecified atom stereocenters. The Morgan fingerprint density at radius 3 is 2.82 bits per heavy atom. The fourth-order valence-corrected chi connectivity index (χ4v) is 5.20. The van der Waals surface area contributed by atoms with Crippen LogP contribution < -0.4 is 14.8 Å². The third-order valence-electron chi connectivity index (χ3n) is 5.00. The lowest BCUT2D eigenvalue weighted by Crippen LogP contribution is -2.42. The molecule has 7 nitrogen and oxygen atoms in total. The van der Waals surface area contributed by atoms with E-state index in [9.17, 15) is 8.42 Å². The number of nitrogens with two attached hydrogens (primary N) is 1. The van der Waals surface area contributed by atoms with Gasteiger partial charge in [0.15, 0.2) is 0 Å². The summed E-state index contributed by atoms with van der Waals surface area (Å²) in [5, 5.41) is 8.30. The van der Waals surface area contributed by atoms with Crippen LogP contribution in [0.5, 0.6) is 0 Å². The minimum Gasteiger partial charge on any atom is -0.356 e. The molecule has 3 heterocycles. The Bertz CT molecular complexity index is 1080. The third-order valence-corrected chi connectivity index (χ3v) is 6.44. The van der Waals surface area contributed by atoms with Crippen LogP contribution >= 0.6 is 11.3 Å². The molecule has 1 atom stereocenters. The number of benzene rings is 1. The molecule has 0 bridgehead atoms. The van der Waals surface area contributed by atoms with E-state index in [0.29, 0.717) is 6.54 Å². The van der Waals surface area contributed by atoms with Gasteiger partial charge in [-0.3, -0.25) is 0 Å². The number of fused-ring (bicyclic) bond motifs is 1. The molecule has 1 saturated heterocycles. The Labute approximate surface area is 168 Å². The van der Waals surface area contributed by atoms with Crippen LogP contribution in [0.1, 0.15) is 18.7 Å². The van der Waals surface area contributed by atoms with Crippen molar-refractivity contribution in [3.63, 3.8) is 0 Å². The number of nitrogens with zero attached hydrogens (tertiary/aromatic N) is 3. The highest BCUT2D eigenvalue weighted by Crippen LogP contribution is 2.39. The van der Waals surface area contributed by atoms with Crippen molar-refractivity contribution in [2.45, 2.75) is 19.8 Å². The number of aromatic nitrogens is 2. The molecule has 0 aliphatic carbocycles. The molecule has 4 rings (SSSR count). The maximum Gasteiger partial charge on any atom is 0.274 e. The van der Waals surface area contributed by atoms with Crippen molar-refractivity contribution in [1.82, 2.24) is 14.7 Å². The van der Waals surface area contributed by atoms with Gasteiger partial charge in [-0.25, -0.2) is 19.8 Å². The summed E-state index contributed by atoms with van der Waals surface area (Å²) in [6, 6.07) is 10.3. The van der Waals surface area contributed by atoms with Crippen molar-refractivity contribution in [2.24, 2.45) is 11.1 Å². The van der Waals surface area contributed by atoms with Crippen molar-refractivity contribution < 1.29 is 8.42 Å². The molecule has 0 radical (unpaired) electrons. The molecule has 9 heteroatoms. The maximum atomic E-state index is 11.2. The predicted octanol–water partition coefficient (Wildman–Crippen LogP) is 2.68. The van der Waals surface area contributed by atoms with Gasteiger partial charge in [0.25, 0.3) is 10.2 Å². The number of aryl methyl sites for hydroxylation is 1. The first-order valence-electron chi connectivity index (χ1n) is 9.24. The van der Waals surface area contributed by atoms with Crippen molar-refractivity contribution >= 4 is 37.6 Å². The molecule has 1 aliphatic heterocycles. The van der Waals surface area contributed by atoms with Crippen LogP contribution in [0.4, 0.5) is 5.82 Å². The van der Waals surface area contributed by atoms with Gasteiger partial charge >= 0.3 is 0 Å². The van der Waals surface area contributed by atoms with Gasteiger partial charge < -0.3 is 4.90 Å². The van der Waals surface area contributed by atoms with Crippen molar-refractivity contribution in [3.8, 4) is 11.1 Å². The summed E-state index contributed by atoms with van der Waals surface area (Å²) < 4.78 is 24.9. The van der Waals surface area contributed by atoms with E-state index >= 15 is 0 Å². The lowest BCUT2D eigenvalue weighted by Gasteiger charge is -2.34. The summed E-state index contributed by atoms with van der Waals surface area (Å²) in [6.07, 6.45) is 1.94. The number of rotatable bonds is 5. The average Bonchev–Trinajstić information content (AvgIpc) is 3.10. The second-order valence-electron chi connectivity index (χ2n) is 7.14. The van der Waals surface area contributed by atoms with Crippen molar-refractivity contribution in [1.29, 1.82) is 0 Å². The maximum absolute atomic E-state index is 11.2. The van der Waals surface area contributed by atoms with E-state index in [1.807, 2.05) is 25.1 Å². The monoisotopic (exact) mass is 417 g/mol. The van der Waals surface area contributed by atoms with E-state index < -0.39 is 10.2 Å². The normalized spacial score (nSPS) is 17.9. The largest absolute Gasteiger partial charge is 0.356 e. The first-order valence-corrected chi connectivity index (χ1v) is 11.7. The number of anilines is 1. The van der Waals surface area contributed by atoms with E-state index in [1.165, 1.54) is 0 Å². The van der Waals surface area contributed by atoms with E-state index in [-0.39, 0.29) is 5.92 Å². The molecule has 3 N–H and O–H groups in total. The van der Waals surface area contributed by atoms with Gasteiger partial charge in [-0.05, 0) is 31.2 Å². The topological polar surface area (TPSA) is 101 Å². The molecular formula is C19H23N5O2S2. The zero-order valence-corrected chi connectivity index (χ0v) is 17.3. The molecule has 1 aliphatic rings. The lowest BCUT2D eigenvalue weighted by molar-refractivity contribution is 0.410. The van der Waals surface area contributed by atoms with Crippen LogP contribution in [0.2, 0.25) is 0 Å². The number of thiophene rings is 1. The summed E-state index contributed by atoms with van der Waals surface area (Å²) >= 11 is 1.63. The lowest BCUT2D eigenvalue weighted by atomic mass is 9.97. The number of hydrogen-bond acceptors (Lipinski definition) is 6. The number of hydrogen-bond donors (Lipinski definition) is 2. The standard InChI is InChI=1S/C19H23N5O2S2/c1-13-22-18(24-9-5-6-14(11-24)10-21-28(20,25)26)17-16(12-27-19(17)23-13)15-7-3-2-4-8-15/h2-4,7-8,12,14,21H,5-6,9-11H2,1H3,(H2,20,25,26). The second kappa shape index (κ2) is 7.75. The molecule has 1 fully saturated rings. The molecule has 0 amide bonds. The average molecular weight is 418 g/mol. The first kappa shape index (κ1) is 19.3. The Balaban J connectivity index is 1.70. The van der Waals surface area contributed by atoms with Gasteiger partial charge in [-0.1, -0.05) is 30.3 Å². The van der Waals surface area contributed by atoms with Gasteiger partial charge in [0.1, 0.15) is 16.5 Å². The van der Waals surface area contributed by atoms with Gasteiger partial charge in [-0.2, -0.15) is 8.42 Å². The highest BCUT2D eigenvalue weighted by Gasteiger charge is 2.25. The van der Waals surface area contributed by atoms with Gasteiger partial charge in [0, 0.05) is 30.6 Å². The molecular weight excluding hydrogens is 394 g/mol. The molecule has 28 heavy (non-hydrogen) atoms. The van der Waals surface area contributed by atoms with Crippen LogP contribution in [0.25, 0.3) is 21.3 Å². The smallest absolute Gasteiger partial charge is 0.274 e. The molecule has 0 saturated carbocycles. The van der Waals surface area contributed by atoms with Gasteiger partial charge in [-0.15, -0.1) is 11.3 Å². The summed E-state index contributed by atoms with van der Waals surface area (Å²) in [7, 11) is -3.67. The second-order valence-corrected chi connectivity index (χ2v) is 9.37. The minimum atomic E-state index is -3.67. The fourth-order valence-electron chi connectivity index (χ4n) is 3.74. The van der Waals surface area contributed by atoms with Crippen molar-refractivity contribution in [3.05, 3.63) is 41.5 Å². The van der Waals surface area contributed by atoms with Crippen LogP contribution in [-0.4, -0.2) is 38.0 Å². The van der Waals surface area contributed by atoms with E-state index in [0.717, 1.165) is 58.9 Å². The predicted molar refractivity (Wildman–Crippen MR) is 114 cm³/mol. The number of piperidine rings is 1. The van der Waals surface area contributed by atoms with E-state index in [1.54, 1.807) is 11.3 Å². The minimum absolute atomic E-state index is 0.191. The molecule has 2 aromatic heterocycles. The summed E-state index contributed by atoms with van der Waals surface area (Å²) in [5.74, 6) is 1.87. The number of nitrogens with one attached hydrogen (secondary N) is 1. The Kier molecular flexibility index (Phi) is 5.33. The Morgan fingerprint density at radius 2 is 2.07 bits per heavy atom. The van der Waals surface area contributed by atoms with Crippen LogP contribution in [0, 0.1) is 12.8 Å². The highest BCUT2D eigenvalue weighted by molar-refractivity contribution is 7.87. The Morgan fingerprint density at radius 1 is 1.29 bits per heavy atom. The zero-order chi connectivity index (χ0) is 19.7. The molecule has 3 aromatic rings. The van der Waals surface area contributed by atoms with Crippen LogP contribution in [-0.2, 0) is 10.2 Å². The quantitative estimate of drug-likeness (QED) is 0.665. The first-order chi connectivity index (χ1) is 13.4. The molecule has 1 aromatic carbocycles. The van der Waals surface area contributed by atoms with E-state index in [2.05, 4.69) is 32.1 Å². The summed E-state index contributed by atoms with van der Waals surface area (Å²) in [4.78, 5) is 12.7. The van der Waals surface area contributed by atoms with E-state index in [4.69, 9.17) is 10.1 Å². The van der Waals surface area contributed by atoms with Crippen LogP contribution in [0.3, 0.4) is 0 Å². The SMILES string of the molecule is Cc1nc(N2CCCC(CNS(N)(=O)=O)C2)c2c(-c3ccccc3)csc2n1.